The predicted octanol–water partition coefficient (Wildman–Crippen LogP) is 13.8. The third kappa shape index (κ3) is 8.64. The minimum atomic E-state index is 0.718. The highest BCUT2D eigenvalue weighted by molar-refractivity contribution is 5.80. The van der Waals surface area contributed by atoms with E-state index in [9.17, 15) is 0 Å². The van der Waals surface area contributed by atoms with Crippen LogP contribution in [0.15, 0.2) is 163 Å². The van der Waals surface area contributed by atoms with Crippen molar-refractivity contribution in [2.24, 2.45) is 0 Å². The van der Waals surface area contributed by atoms with Gasteiger partial charge < -0.3 is 4.74 Å². The average molecular weight is 657 g/mol. The van der Waals surface area contributed by atoms with Gasteiger partial charge in [0.15, 0.2) is 0 Å². The van der Waals surface area contributed by atoms with Crippen LogP contribution in [0.4, 0.5) is 0 Å². The van der Waals surface area contributed by atoms with Gasteiger partial charge in [-0.05, 0) is 120 Å². The average Bonchev–Trinajstić information content (AvgIpc) is 3.91. The van der Waals surface area contributed by atoms with Crippen molar-refractivity contribution >= 4 is 0 Å². The normalized spacial score (nSPS) is 15.8. The molecule has 2 aliphatic rings. The Morgan fingerprint density at radius 2 is 1.62 bits per heavy atom. The third-order valence-electron chi connectivity index (χ3n) is 10.00. The van der Waals surface area contributed by atoms with Crippen LogP contribution >= 0.6 is 0 Å². The first-order valence-electron chi connectivity index (χ1n) is 18.7. The maximum Gasteiger partial charge on any atom is 0.130 e. The molecule has 0 unspecified atom stereocenters. The van der Waals surface area contributed by atoms with Crippen molar-refractivity contribution in [1.82, 2.24) is 0 Å². The molecule has 0 bridgehead atoms. The molecule has 0 amide bonds. The fraction of sp³-hybridized carbons (Fsp3) is 0.265. The molecule has 0 atom stereocenters. The lowest BCUT2D eigenvalue weighted by Crippen LogP contribution is -2.00. The standard InChI is InChI=1S/C49H52O/c1-5-8-17-37(30-31-39(19-9-6-2)46(22-10-7-3)49-35-42-20-11-14-27-48(42)50-49)28-29-38-18-15-21-41(34-38)43-25-16-26-44(36(43)4)47-24-13-12-23-45(47)40-32-33-40/h5,8-9,11-21,23-28,31,34,40H,1,6-7,10,22,29-30,32-33,35H2,2-4H3/b17-8-,19-9-,37-28+,39-31+,49-46-. The zero-order chi connectivity index (χ0) is 34.7. The highest BCUT2D eigenvalue weighted by atomic mass is 16.5. The Morgan fingerprint density at radius 3 is 2.42 bits per heavy atom. The Balaban J connectivity index is 1.27. The van der Waals surface area contributed by atoms with Crippen LogP contribution in [0.3, 0.4) is 0 Å². The molecule has 0 N–H and O–H groups in total. The Bertz CT molecular complexity index is 1930. The Kier molecular flexibility index (Phi) is 12.0. The van der Waals surface area contributed by atoms with Gasteiger partial charge in [-0.25, -0.2) is 0 Å². The smallest absolute Gasteiger partial charge is 0.130 e. The molecule has 0 aromatic heterocycles. The van der Waals surface area contributed by atoms with Crippen LogP contribution < -0.4 is 4.74 Å². The second-order valence-corrected chi connectivity index (χ2v) is 13.7. The van der Waals surface area contributed by atoms with Crippen molar-refractivity contribution in [3.63, 3.8) is 0 Å². The fourth-order valence-electron chi connectivity index (χ4n) is 7.08. The maximum atomic E-state index is 6.47. The number of hydrogen-bond donors (Lipinski definition) is 0. The Hall–Kier alpha value is -4.88. The van der Waals surface area contributed by atoms with Gasteiger partial charge in [0.2, 0.25) is 0 Å². The molecule has 50 heavy (non-hydrogen) atoms. The second-order valence-electron chi connectivity index (χ2n) is 13.7. The number of benzene rings is 4. The van der Waals surface area contributed by atoms with Gasteiger partial charge in [0.1, 0.15) is 11.5 Å². The third-order valence-corrected chi connectivity index (χ3v) is 10.00. The molecule has 1 heterocycles. The van der Waals surface area contributed by atoms with Crippen molar-refractivity contribution in [2.75, 3.05) is 0 Å². The highest BCUT2D eigenvalue weighted by Crippen LogP contribution is 2.45. The first-order chi connectivity index (χ1) is 24.6. The summed E-state index contributed by atoms with van der Waals surface area (Å²) in [4.78, 5) is 0. The van der Waals surface area contributed by atoms with E-state index < -0.39 is 0 Å². The predicted molar refractivity (Wildman–Crippen MR) is 215 cm³/mol. The first kappa shape index (κ1) is 35.0. The van der Waals surface area contributed by atoms with Gasteiger partial charge in [0.25, 0.3) is 0 Å². The number of unbranched alkanes of at least 4 members (excludes halogenated alkanes) is 1. The second kappa shape index (κ2) is 17.2. The van der Waals surface area contributed by atoms with Crippen LogP contribution in [0, 0.1) is 6.92 Å². The Morgan fingerprint density at radius 1 is 0.840 bits per heavy atom. The number of fused-ring (bicyclic) bond motifs is 1. The number of rotatable bonds is 15. The lowest BCUT2D eigenvalue weighted by atomic mass is 9.89. The molecule has 1 aliphatic carbocycles. The summed E-state index contributed by atoms with van der Waals surface area (Å²) in [5, 5.41) is 0. The molecule has 4 aromatic rings. The molecule has 0 spiro atoms. The number of ether oxygens (including phenoxy) is 1. The summed E-state index contributed by atoms with van der Waals surface area (Å²) in [6.45, 7) is 10.7. The molecule has 6 rings (SSSR count). The summed E-state index contributed by atoms with van der Waals surface area (Å²) in [5.41, 5.74) is 14.7. The van der Waals surface area contributed by atoms with E-state index in [1.165, 1.54) is 74.1 Å². The van der Waals surface area contributed by atoms with E-state index >= 15 is 0 Å². The SMILES string of the molecule is C=C/C=C\C(=C/Cc1cccc(-c2cccc(-c3ccccc3C3CC3)c2C)c1)C/C=C(\C=C/CC)C(/CCCC)=C1/Cc2ccccc2O1. The molecule has 1 aliphatic heterocycles. The van der Waals surface area contributed by atoms with Gasteiger partial charge >= 0.3 is 0 Å². The van der Waals surface area contributed by atoms with Gasteiger partial charge in [-0.15, -0.1) is 0 Å². The molecule has 0 radical (unpaired) electrons. The zero-order valence-corrected chi connectivity index (χ0v) is 30.3. The van der Waals surface area contributed by atoms with Crippen molar-refractivity contribution in [3.8, 4) is 28.0 Å². The summed E-state index contributed by atoms with van der Waals surface area (Å²) in [6, 6.07) is 33.3. The lowest BCUT2D eigenvalue weighted by Gasteiger charge is -2.15. The molecule has 4 aromatic carbocycles. The zero-order valence-electron chi connectivity index (χ0n) is 30.3. The van der Waals surface area contributed by atoms with E-state index in [2.05, 4.69) is 155 Å². The molecule has 0 saturated heterocycles. The van der Waals surface area contributed by atoms with E-state index in [1.54, 1.807) is 0 Å². The topological polar surface area (TPSA) is 9.23 Å². The first-order valence-corrected chi connectivity index (χ1v) is 18.7. The number of hydrogen-bond acceptors (Lipinski definition) is 1. The van der Waals surface area contributed by atoms with Crippen molar-refractivity contribution in [1.29, 1.82) is 0 Å². The maximum absolute atomic E-state index is 6.47. The minimum absolute atomic E-state index is 0.718. The van der Waals surface area contributed by atoms with Crippen LogP contribution in [0.5, 0.6) is 5.75 Å². The quantitative estimate of drug-likeness (QED) is 0.116. The van der Waals surface area contributed by atoms with E-state index in [0.29, 0.717) is 0 Å². The van der Waals surface area contributed by atoms with Crippen molar-refractivity contribution in [3.05, 3.63) is 185 Å². The summed E-state index contributed by atoms with van der Waals surface area (Å²) in [7, 11) is 0. The minimum Gasteiger partial charge on any atom is -0.461 e. The van der Waals surface area contributed by atoms with Gasteiger partial charge in [-0.1, -0.05) is 154 Å². The lowest BCUT2D eigenvalue weighted by molar-refractivity contribution is 0.437. The van der Waals surface area contributed by atoms with Crippen LogP contribution in [-0.2, 0) is 12.8 Å². The van der Waals surface area contributed by atoms with Crippen LogP contribution in [-0.4, -0.2) is 0 Å². The van der Waals surface area contributed by atoms with Gasteiger partial charge in [-0.2, -0.15) is 0 Å². The Labute approximate surface area is 301 Å². The molecule has 254 valence electrons. The molecular formula is C49H52O. The van der Waals surface area contributed by atoms with Gasteiger partial charge in [0.05, 0.1) is 0 Å². The van der Waals surface area contributed by atoms with Gasteiger partial charge in [0, 0.05) is 12.0 Å². The van der Waals surface area contributed by atoms with Crippen LogP contribution in [0.2, 0.25) is 0 Å². The monoisotopic (exact) mass is 656 g/mol. The van der Waals surface area contributed by atoms with E-state index in [1.807, 2.05) is 6.08 Å². The largest absolute Gasteiger partial charge is 0.461 e. The summed E-state index contributed by atoms with van der Waals surface area (Å²) in [6.07, 6.45) is 25.0. The molecular weight excluding hydrogens is 605 g/mol. The molecule has 1 saturated carbocycles. The summed E-state index contributed by atoms with van der Waals surface area (Å²) in [5.74, 6) is 2.82. The van der Waals surface area contributed by atoms with E-state index in [4.69, 9.17) is 4.74 Å². The van der Waals surface area contributed by atoms with Crippen molar-refractivity contribution in [2.45, 2.75) is 84.5 Å². The van der Waals surface area contributed by atoms with Gasteiger partial charge in [-0.3, -0.25) is 0 Å². The fourth-order valence-corrected chi connectivity index (χ4v) is 7.08. The van der Waals surface area contributed by atoms with Crippen molar-refractivity contribution < 1.29 is 4.74 Å². The number of para-hydroxylation sites is 1. The summed E-state index contributed by atoms with van der Waals surface area (Å²) < 4.78 is 6.47. The molecule has 1 nitrogen and oxygen atoms in total. The number of allylic oxidation sites excluding steroid dienone is 11. The van der Waals surface area contributed by atoms with E-state index in [-0.39, 0.29) is 0 Å². The summed E-state index contributed by atoms with van der Waals surface area (Å²) >= 11 is 0. The van der Waals surface area contributed by atoms with E-state index in [0.717, 1.165) is 62.4 Å². The van der Waals surface area contributed by atoms with Crippen LogP contribution in [0.25, 0.3) is 22.3 Å². The van der Waals surface area contributed by atoms with Crippen LogP contribution in [0.1, 0.15) is 87.0 Å². The molecule has 1 fully saturated rings. The molecule has 1 heteroatoms. The highest BCUT2D eigenvalue weighted by Gasteiger charge is 2.26.